The molecule has 2 nitrogen and oxygen atoms in total. The van der Waals surface area contributed by atoms with E-state index in [9.17, 15) is 5.11 Å². The molecule has 0 heterocycles. The number of phenolic OH excluding ortho intramolecular Hbond substituents is 1. The summed E-state index contributed by atoms with van der Waals surface area (Å²) in [7, 11) is 0. The number of aryl methyl sites for hydroxylation is 1. The molecule has 1 aromatic carbocycles. The topological polar surface area (TPSA) is 46.2 Å². The van der Waals surface area contributed by atoms with Crippen molar-refractivity contribution in [2.75, 3.05) is 6.54 Å². The van der Waals surface area contributed by atoms with Crippen LogP contribution in [0.4, 0.5) is 0 Å². The smallest absolute Gasteiger partial charge is 0.126 e. The van der Waals surface area contributed by atoms with Crippen LogP contribution in [0.15, 0.2) is 12.1 Å². The zero-order valence-corrected chi connectivity index (χ0v) is 9.10. The van der Waals surface area contributed by atoms with Gasteiger partial charge in [-0.25, -0.2) is 0 Å². The van der Waals surface area contributed by atoms with E-state index in [1.54, 1.807) is 18.2 Å². The molecule has 0 saturated carbocycles. The molecule has 14 heavy (non-hydrogen) atoms. The Morgan fingerprint density at radius 1 is 1.50 bits per heavy atom. The molecular weight excluding hydrogens is 198 g/mol. The minimum atomic E-state index is 0.275. The summed E-state index contributed by atoms with van der Waals surface area (Å²) in [5.41, 5.74) is 7.75. The third-order valence-corrected chi connectivity index (χ3v) is 2.55. The van der Waals surface area contributed by atoms with Crippen LogP contribution in [0.2, 0.25) is 5.02 Å². The molecule has 76 valence electrons. The van der Waals surface area contributed by atoms with E-state index in [0.717, 1.165) is 16.7 Å². The van der Waals surface area contributed by atoms with E-state index in [2.05, 4.69) is 0 Å². The Balaban J connectivity index is 3.32. The molecule has 0 unspecified atom stereocenters. The summed E-state index contributed by atoms with van der Waals surface area (Å²) < 4.78 is 0. The SMILES string of the molecule is Cc1cc(Cl)c(C)c(/C=C/CN)c1O. The first-order chi connectivity index (χ1) is 6.57. The van der Waals surface area contributed by atoms with Gasteiger partial charge in [0.1, 0.15) is 5.75 Å². The third-order valence-electron chi connectivity index (χ3n) is 2.15. The van der Waals surface area contributed by atoms with Gasteiger partial charge in [-0.1, -0.05) is 23.8 Å². The Morgan fingerprint density at radius 2 is 2.14 bits per heavy atom. The molecule has 0 spiro atoms. The van der Waals surface area contributed by atoms with E-state index < -0.39 is 0 Å². The first-order valence-corrected chi connectivity index (χ1v) is 4.81. The van der Waals surface area contributed by atoms with Crippen molar-refractivity contribution < 1.29 is 5.11 Å². The van der Waals surface area contributed by atoms with Crippen molar-refractivity contribution in [1.82, 2.24) is 0 Å². The van der Waals surface area contributed by atoms with Crippen molar-refractivity contribution in [1.29, 1.82) is 0 Å². The molecule has 0 aliphatic heterocycles. The molecule has 0 fully saturated rings. The molecule has 0 saturated heterocycles. The Bertz CT molecular complexity index is 346. The van der Waals surface area contributed by atoms with Crippen molar-refractivity contribution in [2.45, 2.75) is 13.8 Å². The fourth-order valence-electron chi connectivity index (χ4n) is 1.28. The molecule has 3 heteroatoms. The van der Waals surface area contributed by atoms with Crippen molar-refractivity contribution in [2.24, 2.45) is 5.73 Å². The second-order valence-electron chi connectivity index (χ2n) is 3.20. The maximum Gasteiger partial charge on any atom is 0.126 e. The standard InChI is InChI=1S/C11H14ClNO/c1-7-6-10(12)8(2)9(11(7)14)4-3-5-13/h3-4,6,14H,5,13H2,1-2H3/b4-3+. The molecule has 0 bridgehead atoms. The number of hydrogen-bond donors (Lipinski definition) is 2. The van der Waals surface area contributed by atoms with Gasteiger partial charge in [0.05, 0.1) is 0 Å². The van der Waals surface area contributed by atoms with Gasteiger partial charge in [-0.15, -0.1) is 0 Å². The van der Waals surface area contributed by atoms with Gasteiger partial charge >= 0.3 is 0 Å². The lowest BCUT2D eigenvalue weighted by Crippen LogP contribution is -1.93. The van der Waals surface area contributed by atoms with Gasteiger partial charge < -0.3 is 10.8 Å². The second kappa shape index (κ2) is 4.49. The number of halogens is 1. The average molecular weight is 212 g/mol. The molecule has 1 aromatic rings. The largest absolute Gasteiger partial charge is 0.507 e. The fraction of sp³-hybridized carbons (Fsp3) is 0.273. The van der Waals surface area contributed by atoms with Gasteiger partial charge in [0.25, 0.3) is 0 Å². The maximum absolute atomic E-state index is 9.78. The molecule has 0 aliphatic carbocycles. The quantitative estimate of drug-likeness (QED) is 0.790. The van der Waals surface area contributed by atoms with E-state index in [1.165, 1.54) is 0 Å². The Labute approximate surface area is 89.0 Å². The lowest BCUT2D eigenvalue weighted by molar-refractivity contribution is 0.469. The highest BCUT2D eigenvalue weighted by molar-refractivity contribution is 6.31. The van der Waals surface area contributed by atoms with Crippen LogP contribution in [0.3, 0.4) is 0 Å². The minimum Gasteiger partial charge on any atom is -0.507 e. The summed E-state index contributed by atoms with van der Waals surface area (Å²) in [6.45, 7) is 4.14. The van der Waals surface area contributed by atoms with Crippen molar-refractivity contribution in [3.05, 3.63) is 33.9 Å². The van der Waals surface area contributed by atoms with Crippen molar-refractivity contribution >= 4 is 17.7 Å². The first kappa shape index (κ1) is 11.1. The number of aromatic hydroxyl groups is 1. The number of benzene rings is 1. The van der Waals surface area contributed by atoms with E-state index in [-0.39, 0.29) is 5.75 Å². The minimum absolute atomic E-state index is 0.275. The summed E-state index contributed by atoms with van der Waals surface area (Å²) in [5, 5.41) is 10.4. The summed E-state index contributed by atoms with van der Waals surface area (Å²) in [5.74, 6) is 0.275. The number of hydrogen-bond acceptors (Lipinski definition) is 2. The van der Waals surface area contributed by atoms with Crippen LogP contribution in [0.5, 0.6) is 5.75 Å². The highest BCUT2D eigenvalue weighted by Crippen LogP contribution is 2.31. The van der Waals surface area contributed by atoms with Crippen LogP contribution in [0.1, 0.15) is 16.7 Å². The van der Waals surface area contributed by atoms with Gasteiger partial charge in [-0.3, -0.25) is 0 Å². The molecule has 1 rings (SSSR count). The predicted molar refractivity (Wildman–Crippen MR) is 60.7 cm³/mol. The first-order valence-electron chi connectivity index (χ1n) is 4.43. The molecule has 0 aliphatic rings. The lowest BCUT2D eigenvalue weighted by atomic mass is 10.0. The monoisotopic (exact) mass is 211 g/mol. The normalized spacial score (nSPS) is 11.1. The third kappa shape index (κ3) is 2.08. The number of phenols is 1. The molecule has 0 amide bonds. The van der Waals surface area contributed by atoms with Crippen LogP contribution in [0, 0.1) is 13.8 Å². The van der Waals surface area contributed by atoms with Crippen molar-refractivity contribution in [3.63, 3.8) is 0 Å². The molecular formula is C11H14ClNO. The van der Waals surface area contributed by atoms with Crippen LogP contribution < -0.4 is 5.73 Å². The Hall–Kier alpha value is -0.990. The van der Waals surface area contributed by atoms with E-state index in [0.29, 0.717) is 11.6 Å². The van der Waals surface area contributed by atoms with Gasteiger partial charge in [-0.05, 0) is 31.0 Å². The van der Waals surface area contributed by atoms with Gasteiger partial charge in [0.15, 0.2) is 0 Å². The molecule has 0 radical (unpaired) electrons. The zero-order chi connectivity index (χ0) is 10.7. The highest BCUT2D eigenvalue weighted by atomic mass is 35.5. The van der Waals surface area contributed by atoms with Crippen LogP contribution in [0.25, 0.3) is 6.08 Å². The fourth-order valence-corrected chi connectivity index (χ4v) is 1.54. The Morgan fingerprint density at radius 3 is 2.71 bits per heavy atom. The zero-order valence-electron chi connectivity index (χ0n) is 8.34. The van der Waals surface area contributed by atoms with Gasteiger partial charge in [0, 0.05) is 17.1 Å². The second-order valence-corrected chi connectivity index (χ2v) is 3.61. The number of nitrogens with two attached hydrogens (primary N) is 1. The van der Waals surface area contributed by atoms with Gasteiger partial charge in [0.2, 0.25) is 0 Å². The van der Waals surface area contributed by atoms with E-state index >= 15 is 0 Å². The average Bonchev–Trinajstić information content (AvgIpc) is 2.15. The highest BCUT2D eigenvalue weighted by Gasteiger charge is 2.08. The molecule has 0 aromatic heterocycles. The summed E-state index contributed by atoms with van der Waals surface area (Å²) in [6.07, 6.45) is 3.58. The van der Waals surface area contributed by atoms with Crippen LogP contribution in [-0.2, 0) is 0 Å². The molecule has 3 N–H and O–H groups in total. The summed E-state index contributed by atoms with van der Waals surface area (Å²) in [6, 6.07) is 1.76. The predicted octanol–water partition coefficient (Wildman–Crippen LogP) is 2.63. The summed E-state index contributed by atoms with van der Waals surface area (Å²) in [4.78, 5) is 0. The lowest BCUT2D eigenvalue weighted by Gasteiger charge is -2.09. The van der Waals surface area contributed by atoms with E-state index in [1.807, 2.05) is 13.8 Å². The number of rotatable bonds is 2. The van der Waals surface area contributed by atoms with Crippen LogP contribution >= 0.6 is 11.6 Å². The van der Waals surface area contributed by atoms with Gasteiger partial charge in [-0.2, -0.15) is 0 Å². The van der Waals surface area contributed by atoms with Crippen molar-refractivity contribution in [3.8, 4) is 5.75 Å². The molecule has 0 atom stereocenters. The summed E-state index contributed by atoms with van der Waals surface area (Å²) >= 11 is 5.99. The van der Waals surface area contributed by atoms with E-state index in [4.69, 9.17) is 17.3 Å². The maximum atomic E-state index is 9.78. The Kier molecular flexibility index (Phi) is 3.55. The van der Waals surface area contributed by atoms with Crippen LogP contribution in [-0.4, -0.2) is 11.7 Å².